The molecule has 142 valence electrons. The van der Waals surface area contributed by atoms with Crippen molar-refractivity contribution in [2.75, 3.05) is 0 Å². The van der Waals surface area contributed by atoms with Crippen molar-refractivity contribution in [2.24, 2.45) is 5.10 Å². The standard InChI is InChI=1S/C25H20N2O2/c1-17(19-12-7-13-20(14-19)18-8-3-2-4-9-18)26-27-25(29)23-15-21-10-5-6-11-22(21)16-24(23)28/h2-16,28H,1H3,(H,27,29)/b26-17-. The lowest BCUT2D eigenvalue weighted by Crippen LogP contribution is -2.19. The van der Waals surface area contributed by atoms with E-state index in [9.17, 15) is 9.90 Å². The molecule has 0 bridgehead atoms. The quantitative estimate of drug-likeness (QED) is 0.369. The van der Waals surface area contributed by atoms with Crippen molar-refractivity contribution in [3.05, 3.63) is 102 Å². The van der Waals surface area contributed by atoms with Crippen LogP contribution in [-0.4, -0.2) is 16.7 Å². The van der Waals surface area contributed by atoms with Crippen LogP contribution >= 0.6 is 0 Å². The molecular formula is C25H20N2O2. The van der Waals surface area contributed by atoms with Crippen LogP contribution < -0.4 is 5.43 Å². The number of phenolic OH excluding ortho intramolecular Hbond substituents is 1. The Balaban J connectivity index is 1.56. The maximum atomic E-state index is 12.6. The number of carbonyl (C=O) groups is 1. The average Bonchev–Trinajstić information content (AvgIpc) is 2.77. The third-order valence-corrected chi connectivity index (χ3v) is 4.82. The Morgan fingerprint density at radius 1 is 0.793 bits per heavy atom. The lowest BCUT2D eigenvalue weighted by molar-refractivity contribution is 0.0952. The van der Waals surface area contributed by atoms with Crippen molar-refractivity contribution in [2.45, 2.75) is 6.92 Å². The highest BCUT2D eigenvalue weighted by Gasteiger charge is 2.12. The Morgan fingerprint density at radius 2 is 1.45 bits per heavy atom. The SMILES string of the molecule is C/C(=N/NC(=O)c1cc2ccccc2cc1O)c1cccc(-c2ccccc2)c1. The Morgan fingerprint density at radius 3 is 2.21 bits per heavy atom. The second-order valence-electron chi connectivity index (χ2n) is 6.80. The van der Waals surface area contributed by atoms with E-state index in [0.29, 0.717) is 5.71 Å². The van der Waals surface area contributed by atoms with Gasteiger partial charge in [-0.3, -0.25) is 4.79 Å². The highest BCUT2D eigenvalue weighted by molar-refractivity contribution is 6.04. The van der Waals surface area contributed by atoms with E-state index in [1.54, 1.807) is 12.1 Å². The van der Waals surface area contributed by atoms with E-state index in [1.165, 1.54) is 0 Å². The molecule has 2 N–H and O–H groups in total. The van der Waals surface area contributed by atoms with Gasteiger partial charge in [-0.1, -0.05) is 72.8 Å². The molecule has 4 aromatic carbocycles. The third-order valence-electron chi connectivity index (χ3n) is 4.82. The van der Waals surface area contributed by atoms with Gasteiger partial charge in [0.05, 0.1) is 11.3 Å². The van der Waals surface area contributed by atoms with Crippen molar-refractivity contribution in [1.29, 1.82) is 0 Å². The summed E-state index contributed by atoms with van der Waals surface area (Å²) in [5.41, 5.74) is 6.53. The molecule has 0 aromatic heterocycles. The molecule has 0 radical (unpaired) electrons. The van der Waals surface area contributed by atoms with Gasteiger partial charge in [-0.15, -0.1) is 0 Å². The molecule has 0 saturated carbocycles. The van der Waals surface area contributed by atoms with Gasteiger partial charge in [0.15, 0.2) is 0 Å². The fraction of sp³-hybridized carbons (Fsp3) is 0.0400. The Labute approximate surface area is 169 Å². The van der Waals surface area contributed by atoms with Gasteiger partial charge in [0, 0.05) is 0 Å². The van der Waals surface area contributed by atoms with Crippen LogP contribution in [0.15, 0.2) is 96.1 Å². The molecule has 0 spiro atoms. The largest absolute Gasteiger partial charge is 0.507 e. The van der Waals surface area contributed by atoms with Crippen LogP contribution in [0.5, 0.6) is 5.75 Å². The van der Waals surface area contributed by atoms with Crippen molar-refractivity contribution in [3.8, 4) is 16.9 Å². The molecule has 0 heterocycles. The highest BCUT2D eigenvalue weighted by atomic mass is 16.3. The molecule has 0 aliphatic rings. The number of rotatable bonds is 4. The Bertz CT molecular complexity index is 1210. The van der Waals surface area contributed by atoms with E-state index in [0.717, 1.165) is 27.5 Å². The van der Waals surface area contributed by atoms with Crippen molar-refractivity contribution < 1.29 is 9.90 Å². The number of benzene rings is 4. The lowest BCUT2D eigenvalue weighted by Gasteiger charge is -2.08. The monoisotopic (exact) mass is 380 g/mol. The van der Waals surface area contributed by atoms with Gasteiger partial charge in [-0.25, -0.2) is 5.43 Å². The smallest absolute Gasteiger partial charge is 0.275 e. The summed E-state index contributed by atoms with van der Waals surface area (Å²) < 4.78 is 0. The highest BCUT2D eigenvalue weighted by Crippen LogP contribution is 2.25. The summed E-state index contributed by atoms with van der Waals surface area (Å²) in [5.74, 6) is -0.521. The first-order chi connectivity index (χ1) is 14.1. The van der Waals surface area contributed by atoms with E-state index in [-0.39, 0.29) is 11.3 Å². The number of phenols is 1. The molecule has 0 atom stereocenters. The maximum absolute atomic E-state index is 12.6. The van der Waals surface area contributed by atoms with E-state index < -0.39 is 5.91 Å². The third kappa shape index (κ3) is 4.01. The maximum Gasteiger partial charge on any atom is 0.275 e. The molecule has 4 nitrogen and oxygen atoms in total. The number of hydrogen-bond donors (Lipinski definition) is 2. The molecule has 0 unspecified atom stereocenters. The minimum Gasteiger partial charge on any atom is -0.507 e. The number of carbonyl (C=O) groups excluding carboxylic acids is 1. The van der Waals surface area contributed by atoms with Crippen LogP contribution in [0.2, 0.25) is 0 Å². The summed E-state index contributed by atoms with van der Waals surface area (Å²) in [6.45, 7) is 1.84. The van der Waals surface area contributed by atoms with Gasteiger partial charge < -0.3 is 5.11 Å². The average molecular weight is 380 g/mol. The molecule has 0 aliphatic heterocycles. The Hall–Kier alpha value is -3.92. The zero-order valence-corrected chi connectivity index (χ0v) is 16.0. The van der Waals surface area contributed by atoms with Crippen LogP contribution in [0.25, 0.3) is 21.9 Å². The van der Waals surface area contributed by atoms with Crippen molar-refractivity contribution in [1.82, 2.24) is 5.43 Å². The topological polar surface area (TPSA) is 61.7 Å². The fourth-order valence-corrected chi connectivity index (χ4v) is 3.22. The van der Waals surface area contributed by atoms with E-state index >= 15 is 0 Å². The molecule has 0 aliphatic carbocycles. The van der Waals surface area contributed by atoms with E-state index in [4.69, 9.17) is 0 Å². The van der Waals surface area contributed by atoms with Crippen LogP contribution in [0.1, 0.15) is 22.8 Å². The molecular weight excluding hydrogens is 360 g/mol. The first-order valence-electron chi connectivity index (χ1n) is 9.34. The summed E-state index contributed by atoms with van der Waals surface area (Å²) in [4.78, 5) is 12.6. The van der Waals surface area contributed by atoms with Crippen LogP contribution in [0, 0.1) is 0 Å². The number of amides is 1. The number of nitrogens with zero attached hydrogens (tertiary/aromatic N) is 1. The van der Waals surface area contributed by atoms with E-state index in [2.05, 4.69) is 22.7 Å². The molecule has 4 heteroatoms. The number of hydrazone groups is 1. The second-order valence-corrected chi connectivity index (χ2v) is 6.80. The second kappa shape index (κ2) is 7.98. The predicted octanol–water partition coefficient (Wildman–Crippen LogP) is 5.37. The summed E-state index contributed by atoms with van der Waals surface area (Å²) in [7, 11) is 0. The van der Waals surface area contributed by atoms with Crippen LogP contribution in [0.3, 0.4) is 0 Å². The fourth-order valence-electron chi connectivity index (χ4n) is 3.22. The summed E-state index contributed by atoms with van der Waals surface area (Å²) in [5, 5.41) is 16.2. The minimum atomic E-state index is -0.452. The molecule has 1 amide bonds. The number of aromatic hydroxyl groups is 1. The molecule has 0 fully saturated rings. The predicted molar refractivity (Wildman–Crippen MR) is 117 cm³/mol. The van der Waals surface area contributed by atoms with Gasteiger partial charge in [-0.2, -0.15) is 5.10 Å². The van der Waals surface area contributed by atoms with E-state index in [1.807, 2.05) is 73.7 Å². The zero-order chi connectivity index (χ0) is 20.2. The van der Waals surface area contributed by atoms with Gasteiger partial charge in [0.1, 0.15) is 5.75 Å². The molecule has 4 aromatic rings. The summed E-state index contributed by atoms with van der Waals surface area (Å²) in [6.07, 6.45) is 0. The van der Waals surface area contributed by atoms with Crippen molar-refractivity contribution >= 4 is 22.4 Å². The lowest BCUT2D eigenvalue weighted by atomic mass is 10.0. The summed E-state index contributed by atoms with van der Waals surface area (Å²) in [6, 6.07) is 28.9. The van der Waals surface area contributed by atoms with Gasteiger partial charge in [0.25, 0.3) is 5.91 Å². The van der Waals surface area contributed by atoms with Crippen LogP contribution in [0.4, 0.5) is 0 Å². The Kier molecular flexibility index (Phi) is 5.08. The van der Waals surface area contributed by atoms with Gasteiger partial charge in [-0.05, 0) is 52.6 Å². The number of fused-ring (bicyclic) bond motifs is 1. The first kappa shape index (κ1) is 18.4. The zero-order valence-electron chi connectivity index (χ0n) is 16.0. The normalized spacial score (nSPS) is 11.4. The summed E-state index contributed by atoms with van der Waals surface area (Å²) >= 11 is 0. The molecule has 4 rings (SSSR count). The van der Waals surface area contributed by atoms with Gasteiger partial charge >= 0.3 is 0 Å². The van der Waals surface area contributed by atoms with Crippen LogP contribution in [-0.2, 0) is 0 Å². The van der Waals surface area contributed by atoms with Crippen molar-refractivity contribution in [3.63, 3.8) is 0 Å². The molecule has 29 heavy (non-hydrogen) atoms. The minimum absolute atomic E-state index is 0.0693. The number of hydrogen-bond acceptors (Lipinski definition) is 3. The first-order valence-corrected chi connectivity index (χ1v) is 9.34. The number of nitrogens with one attached hydrogen (secondary N) is 1. The van der Waals surface area contributed by atoms with Gasteiger partial charge in [0.2, 0.25) is 0 Å². The molecule has 0 saturated heterocycles.